The highest BCUT2D eigenvalue weighted by molar-refractivity contribution is 7.92. The highest BCUT2D eigenvalue weighted by Gasteiger charge is 2.19. The Balaban J connectivity index is 1.45. The lowest BCUT2D eigenvalue weighted by Crippen LogP contribution is -2.30. The van der Waals surface area contributed by atoms with Crippen LogP contribution in [0.5, 0.6) is 5.75 Å². The van der Waals surface area contributed by atoms with Crippen LogP contribution in [0.1, 0.15) is 23.6 Å². The molecule has 0 saturated carbocycles. The van der Waals surface area contributed by atoms with E-state index < -0.39 is 16.1 Å². The van der Waals surface area contributed by atoms with Gasteiger partial charge in [-0.15, -0.1) is 0 Å². The fourth-order valence-corrected chi connectivity index (χ4v) is 4.93. The molecule has 0 aliphatic rings. The van der Waals surface area contributed by atoms with Crippen LogP contribution in [0.25, 0.3) is 10.8 Å². The number of hydrogen-bond acceptors (Lipinski definition) is 4. The molecule has 0 aliphatic carbocycles. The van der Waals surface area contributed by atoms with Crippen molar-refractivity contribution in [1.29, 1.82) is 0 Å². The van der Waals surface area contributed by atoms with Crippen LogP contribution in [0, 0.1) is 20.8 Å². The average Bonchev–Trinajstić information content (AvgIpc) is 2.82. The van der Waals surface area contributed by atoms with Crippen LogP contribution < -0.4 is 14.8 Å². The number of rotatable bonds is 7. The van der Waals surface area contributed by atoms with Crippen molar-refractivity contribution in [3.05, 3.63) is 95.6 Å². The summed E-state index contributed by atoms with van der Waals surface area (Å²) >= 11 is 0. The van der Waals surface area contributed by atoms with Crippen molar-refractivity contribution in [3.8, 4) is 5.75 Å². The molecule has 180 valence electrons. The first-order valence-electron chi connectivity index (χ1n) is 11.3. The first kappa shape index (κ1) is 24.3. The van der Waals surface area contributed by atoms with Crippen LogP contribution in [0.3, 0.4) is 0 Å². The third kappa shape index (κ3) is 5.46. The third-order valence-electron chi connectivity index (χ3n) is 5.90. The molecule has 35 heavy (non-hydrogen) atoms. The molecular weight excluding hydrogens is 460 g/mol. The lowest BCUT2D eigenvalue weighted by atomic mass is 10.1. The number of carbonyl (C=O) groups excluding carboxylic acids is 1. The van der Waals surface area contributed by atoms with Crippen molar-refractivity contribution in [1.82, 2.24) is 0 Å². The van der Waals surface area contributed by atoms with Gasteiger partial charge in [0.2, 0.25) is 0 Å². The molecular formula is C28H28N2O4S. The van der Waals surface area contributed by atoms with Crippen LogP contribution in [-0.2, 0) is 14.8 Å². The molecule has 1 amide bonds. The van der Waals surface area contributed by atoms with Gasteiger partial charge in [0.05, 0.1) is 10.6 Å². The normalized spacial score (nSPS) is 12.2. The molecule has 0 fully saturated rings. The van der Waals surface area contributed by atoms with Gasteiger partial charge in [-0.25, -0.2) is 8.42 Å². The van der Waals surface area contributed by atoms with Crippen LogP contribution in [0.2, 0.25) is 0 Å². The minimum atomic E-state index is -3.81. The number of benzene rings is 4. The Morgan fingerprint density at radius 1 is 0.886 bits per heavy atom. The standard InChI is InChI=1S/C28H28N2O4S/c1-18-16-19(2)20(3)27(17-18)34-21(4)28(31)29-23-12-14-24(15-13-23)35(32,33)30-26-11-7-9-22-8-5-6-10-25(22)26/h5-17,21,30H,1-4H3,(H,29,31). The Morgan fingerprint density at radius 3 is 2.31 bits per heavy atom. The fourth-order valence-electron chi connectivity index (χ4n) is 3.85. The number of nitrogens with one attached hydrogen (secondary N) is 2. The first-order chi connectivity index (χ1) is 16.6. The Hall–Kier alpha value is -3.84. The van der Waals surface area contributed by atoms with Gasteiger partial charge in [0, 0.05) is 11.1 Å². The van der Waals surface area contributed by atoms with E-state index in [0.717, 1.165) is 27.5 Å². The molecule has 0 bridgehead atoms. The van der Waals surface area contributed by atoms with Gasteiger partial charge in [-0.05, 0) is 86.2 Å². The van der Waals surface area contributed by atoms with Crippen molar-refractivity contribution in [3.63, 3.8) is 0 Å². The summed E-state index contributed by atoms with van der Waals surface area (Å²) in [7, 11) is -3.81. The van der Waals surface area contributed by atoms with Gasteiger partial charge in [0.1, 0.15) is 5.75 Å². The molecule has 0 spiro atoms. The molecule has 0 heterocycles. The maximum Gasteiger partial charge on any atom is 0.265 e. The van der Waals surface area contributed by atoms with Crippen molar-refractivity contribution in [2.24, 2.45) is 0 Å². The number of ether oxygens (including phenoxy) is 1. The zero-order valence-corrected chi connectivity index (χ0v) is 20.9. The van der Waals surface area contributed by atoms with E-state index in [-0.39, 0.29) is 10.8 Å². The number of amides is 1. The molecule has 0 radical (unpaired) electrons. The van der Waals surface area contributed by atoms with Gasteiger partial charge in [-0.1, -0.05) is 42.5 Å². The molecule has 7 heteroatoms. The second-order valence-corrected chi connectivity index (χ2v) is 10.3. The number of aryl methyl sites for hydroxylation is 2. The number of hydrogen-bond donors (Lipinski definition) is 2. The van der Waals surface area contributed by atoms with Crippen LogP contribution in [0.4, 0.5) is 11.4 Å². The van der Waals surface area contributed by atoms with E-state index in [1.807, 2.05) is 63.2 Å². The molecule has 4 aromatic rings. The summed E-state index contributed by atoms with van der Waals surface area (Å²) in [6, 6.07) is 23.1. The van der Waals surface area contributed by atoms with Crippen molar-refractivity contribution >= 4 is 38.1 Å². The van der Waals surface area contributed by atoms with E-state index >= 15 is 0 Å². The van der Waals surface area contributed by atoms with Crippen LogP contribution in [0.15, 0.2) is 83.8 Å². The smallest absolute Gasteiger partial charge is 0.265 e. The summed E-state index contributed by atoms with van der Waals surface area (Å²) in [5.41, 5.74) is 4.13. The summed E-state index contributed by atoms with van der Waals surface area (Å²) in [5, 5.41) is 4.54. The van der Waals surface area contributed by atoms with Gasteiger partial charge in [0.15, 0.2) is 6.10 Å². The quantitative estimate of drug-likeness (QED) is 0.336. The van der Waals surface area contributed by atoms with Crippen LogP contribution in [-0.4, -0.2) is 20.4 Å². The van der Waals surface area contributed by atoms with Crippen molar-refractivity contribution in [2.45, 2.75) is 38.7 Å². The Kier molecular flexibility index (Phi) is 6.80. The Morgan fingerprint density at radius 2 is 1.57 bits per heavy atom. The maximum atomic E-state index is 13.0. The summed E-state index contributed by atoms with van der Waals surface area (Å²) in [6.07, 6.45) is -0.730. The zero-order chi connectivity index (χ0) is 25.2. The topological polar surface area (TPSA) is 84.5 Å². The lowest BCUT2D eigenvalue weighted by molar-refractivity contribution is -0.122. The lowest BCUT2D eigenvalue weighted by Gasteiger charge is -2.18. The molecule has 6 nitrogen and oxygen atoms in total. The van der Waals surface area contributed by atoms with Crippen LogP contribution >= 0.6 is 0 Å². The molecule has 1 unspecified atom stereocenters. The minimum Gasteiger partial charge on any atom is -0.481 e. The first-order valence-corrected chi connectivity index (χ1v) is 12.8. The number of sulfonamides is 1. The molecule has 0 saturated heterocycles. The van der Waals surface area contributed by atoms with E-state index in [1.54, 1.807) is 25.1 Å². The second-order valence-electron chi connectivity index (χ2n) is 8.61. The van der Waals surface area contributed by atoms with Gasteiger partial charge >= 0.3 is 0 Å². The van der Waals surface area contributed by atoms with E-state index in [1.165, 1.54) is 12.1 Å². The SMILES string of the molecule is Cc1cc(C)c(C)c(OC(C)C(=O)Nc2ccc(S(=O)(=O)Nc3cccc4ccccc34)cc2)c1. The van der Waals surface area contributed by atoms with E-state index in [0.29, 0.717) is 17.1 Å². The van der Waals surface area contributed by atoms with E-state index in [2.05, 4.69) is 16.1 Å². The summed E-state index contributed by atoms with van der Waals surface area (Å²) < 4.78 is 34.5. The molecule has 0 aliphatic heterocycles. The monoisotopic (exact) mass is 488 g/mol. The Bertz CT molecular complexity index is 1490. The van der Waals surface area contributed by atoms with E-state index in [9.17, 15) is 13.2 Å². The largest absolute Gasteiger partial charge is 0.481 e. The predicted octanol–water partition coefficient (Wildman–Crippen LogP) is 5.97. The van der Waals surface area contributed by atoms with Crippen molar-refractivity contribution < 1.29 is 17.9 Å². The molecule has 2 N–H and O–H groups in total. The third-order valence-corrected chi connectivity index (χ3v) is 7.28. The predicted molar refractivity (Wildman–Crippen MR) is 141 cm³/mol. The molecule has 0 aromatic heterocycles. The summed E-state index contributed by atoms with van der Waals surface area (Å²) in [4.78, 5) is 12.8. The maximum absolute atomic E-state index is 13.0. The van der Waals surface area contributed by atoms with E-state index in [4.69, 9.17) is 4.74 Å². The molecule has 1 atom stereocenters. The number of anilines is 2. The summed E-state index contributed by atoms with van der Waals surface area (Å²) in [6.45, 7) is 7.62. The highest BCUT2D eigenvalue weighted by Crippen LogP contribution is 2.27. The Labute approximate surface area is 206 Å². The zero-order valence-electron chi connectivity index (χ0n) is 20.1. The highest BCUT2D eigenvalue weighted by atomic mass is 32.2. The molecule has 4 rings (SSSR count). The minimum absolute atomic E-state index is 0.0959. The van der Waals surface area contributed by atoms with Gasteiger partial charge in [-0.2, -0.15) is 0 Å². The van der Waals surface area contributed by atoms with Gasteiger partial charge < -0.3 is 10.1 Å². The number of carbonyl (C=O) groups is 1. The summed E-state index contributed by atoms with van der Waals surface area (Å²) in [5.74, 6) is 0.346. The molecule has 4 aromatic carbocycles. The number of fused-ring (bicyclic) bond motifs is 1. The average molecular weight is 489 g/mol. The fraction of sp³-hybridized carbons (Fsp3) is 0.179. The second kappa shape index (κ2) is 9.80. The van der Waals surface area contributed by atoms with Crippen molar-refractivity contribution in [2.75, 3.05) is 10.0 Å². The van der Waals surface area contributed by atoms with Gasteiger partial charge in [0.25, 0.3) is 15.9 Å². The van der Waals surface area contributed by atoms with Gasteiger partial charge in [-0.3, -0.25) is 9.52 Å².